The standard InChI is InChI=1S/C22H23FN2O3S/c1-27-14-17-20-18(23)4-3-5-19(20)29-21(17)22(26)25-12-10-24(11-13-25)15-6-8-16(28-2)9-7-15/h3-9H,10-14H2,1-2H3. The smallest absolute Gasteiger partial charge is 0.264 e. The average molecular weight is 415 g/mol. The maximum absolute atomic E-state index is 14.4. The van der Waals surface area contributed by atoms with Gasteiger partial charge in [-0.15, -0.1) is 11.3 Å². The number of piperazine rings is 1. The van der Waals surface area contributed by atoms with E-state index >= 15 is 0 Å². The zero-order valence-corrected chi connectivity index (χ0v) is 17.3. The Bertz CT molecular complexity index is 1010. The van der Waals surface area contributed by atoms with Crippen LogP contribution in [0.5, 0.6) is 5.75 Å². The van der Waals surface area contributed by atoms with Gasteiger partial charge in [-0.2, -0.15) is 0 Å². The maximum atomic E-state index is 14.4. The molecule has 3 aromatic rings. The third-order valence-corrected chi connectivity index (χ3v) is 6.44. The lowest BCUT2D eigenvalue weighted by molar-refractivity contribution is 0.0747. The van der Waals surface area contributed by atoms with E-state index in [0.717, 1.165) is 29.2 Å². The summed E-state index contributed by atoms with van der Waals surface area (Å²) < 4.78 is 25.7. The highest BCUT2D eigenvalue weighted by Gasteiger charge is 2.27. The van der Waals surface area contributed by atoms with Crippen molar-refractivity contribution in [1.29, 1.82) is 0 Å². The van der Waals surface area contributed by atoms with Crippen molar-refractivity contribution in [1.82, 2.24) is 4.90 Å². The number of methoxy groups -OCH3 is 2. The summed E-state index contributed by atoms with van der Waals surface area (Å²) in [5, 5.41) is 0.500. The number of halogens is 1. The van der Waals surface area contributed by atoms with Gasteiger partial charge < -0.3 is 19.3 Å². The molecule has 29 heavy (non-hydrogen) atoms. The normalized spacial score (nSPS) is 14.4. The second-order valence-electron chi connectivity index (χ2n) is 6.93. The molecule has 7 heteroatoms. The van der Waals surface area contributed by atoms with E-state index < -0.39 is 0 Å². The van der Waals surface area contributed by atoms with Crippen molar-refractivity contribution in [2.24, 2.45) is 0 Å². The molecule has 2 aromatic carbocycles. The SMILES string of the molecule is COCc1c(C(=O)N2CCN(c3ccc(OC)cc3)CC2)sc2cccc(F)c12. The maximum Gasteiger partial charge on any atom is 0.264 e. The molecule has 0 radical (unpaired) electrons. The number of nitrogens with zero attached hydrogens (tertiary/aromatic N) is 2. The van der Waals surface area contributed by atoms with E-state index in [1.54, 1.807) is 20.3 Å². The van der Waals surface area contributed by atoms with Gasteiger partial charge in [-0.25, -0.2) is 4.39 Å². The summed E-state index contributed by atoms with van der Waals surface area (Å²) in [6.07, 6.45) is 0. The van der Waals surface area contributed by atoms with Crippen LogP contribution in [-0.2, 0) is 11.3 Å². The summed E-state index contributed by atoms with van der Waals surface area (Å²) in [5.41, 5.74) is 1.76. The van der Waals surface area contributed by atoms with E-state index in [9.17, 15) is 9.18 Å². The Labute approximate surface area is 173 Å². The highest BCUT2D eigenvalue weighted by Crippen LogP contribution is 2.35. The fourth-order valence-electron chi connectivity index (χ4n) is 3.73. The molecule has 0 saturated carbocycles. The molecule has 0 unspecified atom stereocenters. The second kappa shape index (κ2) is 8.39. The van der Waals surface area contributed by atoms with Gasteiger partial charge in [-0.3, -0.25) is 4.79 Å². The summed E-state index contributed by atoms with van der Waals surface area (Å²) in [6, 6.07) is 12.9. The van der Waals surface area contributed by atoms with Crippen LogP contribution in [0.3, 0.4) is 0 Å². The number of hydrogen-bond donors (Lipinski definition) is 0. The van der Waals surface area contributed by atoms with Gasteiger partial charge in [0.15, 0.2) is 0 Å². The fourth-order valence-corrected chi connectivity index (χ4v) is 4.92. The molecule has 0 spiro atoms. The Balaban J connectivity index is 1.52. The van der Waals surface area contributed by atoms with Crippen molar-refractivity contribution < 1.29 is 18.7 Å². The predicted molar refractivity (Wildman–Crippen MR) is 114 cm³/mol. The zero-order chi connectivity index (χ0) is 20.4. The van der Waals surface area contributed by atoms with Gasteiger partial charge in [-0.1, -0.05) is 6.07 Å². The van der Waals surface area contributed by atoms with Crippen molar-refractivity contribution in [3.05, 3.63) is 58.7 Å². The zero-order valence-electron chi connectivity index (χ0n) is 16.5. The third kappa shape index (κ3) is 3.80. The molecule has 5 nitrogen and oxygen atoms in total. The van der Waals surface area contributed by atoms with Crippen molar-refractivity contribution in [3.8, 4) is 5.75 Å². The predicted octanol–water partition coefficient (Wildman–Crippen LogP) is 4.16. The van der Waals surface area contributed by atoms with Crippen LogP contribution in [-0.4, -0.2) is 51.2 Å². The van der Waals surface area contributed by atoms with Crippen molar-refractivity contribution >= 4 is 33.0 Å². The van der Waals surface area contributed by atoms with Gasteiger partial charge in [-0.05, 0) is 36.4 Å². The van der Waals surface area contributed by atoms with E-state index in [2.05, 4.69) is 4.90 Å². The number of anilines is 1. The molecule has 152 valence electrons. The summed E-state index contributed by atoms with van der Waals surface area (Å²) in [6.45, 7) is 2.95. The summed E-state index contributed by atoms with van der Waals surface area (Å²) in [5.74, 6) is 0.464. The fraction of sp³-hybridized carbons (Fsp3) is 0.318. The second-order valence-corrected chi connectivity index (χ2v) is 7.99. The largest absolute Gasteiger partial charge is 0.497 e. The van der Waals surface area contributed by atoms with Gasteiger partial charge >= 0.3 is 0 Å². The summed E-state index contributed by atoms with van der Waals surface area (Å²) in [7, 11) is 3.21. The van der Waals surface area contributed by atoms with E-state index in [4.69, 9.17) is 9.47 Å². The minimum Gasteiger partial charge on any atom is -0.497 e. The molecule has 1 fully saturated rings. The molecule has 1 amide bonds. The molecular formula is C22H23FN2O3S. The number of rotatable bonds is 5. The lowest BCUT2D eigenvalue weighted by Gasteiger charge is -2.36. The number of ether oxygens (including phenoxy) is 2. The first-order valence-corrected chi connectivity index (χ1v) is 10.3. The van der Waals surface area contributed by atoms with E-state index in [1.807, 2.05) is 35.2 Å². The molecule has 1 aliphatic rings. The lowest BCUT2D eigenvalue weighted by Crippen LogP contribution is -2.48. The number of carbonyl (C=O) groups is 1. The quantitative estimate of drug-likeness (QED) is 0.629. The minimum absolute atomic E-state index is 0.0490. The highest BCUT2D eigenvalue weighted by molar-refractivity contribution is 7.21. The van der Waals surface area contributed by atoms with Crippen LogP contribution in [0.1, 0.15) is 15.2 Å². The van der Waals surface area contributed by atoms with Crippen molar-refractivity contribution in [2.45, 2.75) is 6.61 Å². The van der Waals surface area contributed by atoms with Crippen LogP contribution in [0.25, 0.3) is 10.1 Å². The number of fused-ring (bicyclic) bond motifs is 1. The summed E-state index contributed by atoms with van der Waals surface area (Å²) >= 11 is 1.34. The van der Waals surface area contributed by atoms with Crippen LogP contribution in [0.4, 0.5) is 10.1 Å². The molecule has 0 aliphatic carbocycles. The third-order valence-electron chi connectivity index (χ3n) is 5.25. The van der Waals surface area contributed by atoms with Gasteiger partial charge in [0.25, 0.3) is 5.91 Å². The van der Waals surface area contributed by atoms with Gasteiger partial charge in [0.2, 0.25) is 0 Å². The van der Waals surface area contributed by atoms with Crippen LogP contribution >= 0.6 is 11.3 Å². The number of amides is 1. The van der Waals surface area contributed by atoms with Crippen molar-refractivity contribution in [2.75, 3.05) is 45.3 Å². The van der Waals surface area contributed by atoms with Crippen LogP contribution in [0.2, 0.25) is 0 Å². The first-order valence-electron chi connectivity index (χ1n) is 9.49. The van der Waals surface area contributed by atoms with E-state index in [0.29, 0.717) is 28.9 Å². The highest BCUT2D eigenvalue weighted by atomic mass is 32.1. The van der Waals surface area contributed by atoms with E-state index in [1.165, 1.54) is 17.4 Å². The number of thiophene rings is 1. The number of benzene rings is 2. The lowest BCUT2D eigenvalue weighted by atomic mass is 10.1. The van der Waals surface area contributed by atoms with Gasteiger partial charge in [0.05, 0.1) is 18.6 Å². The minimum atomic E-state index is -0.311. The van der Waals surface area contributed by atoms with Gasteiger partial charge in [0.1, 0.15) is 11.6 Å². The topological polar surface area (TPSA) is 42.0 Å². The Morgan fingerprint density at radius 3 is 2.45 bits per heavy atom. The number of hydrogen-bond acceptors (Lipinski definition) is 5. The Morgan fingerprint density at radius 1 is 1.07 bits per heavy atom. The van der Waals surface area contributed by atoms with E-state index in [-0.39, 0.29) is 18.3 Å². The molecule has 1 aromatic heterocycles. The number of carbonyl (C=O) groups excluding carboxylic acids is 1. The Kier molecular flexibility index (Phi) is 5.69. The first kappa shape index (κ1) is 19.7. The average Bonchev–Trinajstić information content (AvgIpc) is 3.13. The van der Waals surface area contributed by atoms with Crippen LogP contribution in [0, 0.1) is 5.82 Å². The molecular weight excluding hydrogens is 391 g/mol. The summed E-state index contributed by atoms with van der Waals surface area (Å²) in [4.78, 5) is 17.9. The Hall–Kier alpha value is -2.64. The molecule has 4 rings (SSSR count). The molecule has 0 N–H and O–H groups in total. The first-order chi connectivity index (χ1) is 14.1. The molecule has 0 atom stereocenters. The monoisotopic (exact) mass is 414 g/mol. The Morgan fingerprint density at radius 2 is 1.79 bits per heavy atom. The molecule has 2 heterocycles. The molecule has 1 aliphatic heterocycles. The molecule has 0 bridgehead atoms. The van der Waals surface area contributed by atoms with Crippen LogP contribution in [0.15, 0.2) is 42.5 Å². The molecule has 1 saturated heterocycles. The van der Waals surface area contributed by atoms with Crippen molar-refractivity contribution in [3.63, 3.8) is 0 Å². The van der Waals surface area contributed by atoms with Crippen LogP contribution < -0.4 is 9.64 Å². The van der Waals surface area contributed by atoms with Gasteiger partial charge in [0, 0.05) is 54.6 Å².